The van der Waals surface area contributed by atoms with Crippen LogP contribution in [0.3, 0.4) is 0 Å². The van der Waals surface area contributed by atoms with Crippen LogP contribution in [0.4, 0.5) is 14.9 Å². The molecule has 1 unspecified atom stereocenters. The quantitative estimate of drug-likeness (QED) is 0.836. The number of carbonyl (C=O) groups excluding carboxylic acids is 1. The van der Waals surface area contributed by atoms with Crippen molar-refractivity contribution >= 4 is 27.7 Å². The number of hydrogen-bond donors (Lipinski definition) is 1. The third-order valence-corrected chi connectivity index (χ3v) is 4.05. The van der Waals surface area contributed by atoms with Gasteiger partial charge in [0.25, 0.3) is 0 Å². The number of ether oxygens (including phenoxy) is 1. The van der Waals surface area contributed by atoms with Gasteiger partial charge in [0.05, 0.1) is 5.69 Å². The lowest BCUT2D eigenvalue weighted by atomic mass is 10.1. The molecule has 0 aliphatic carbocycles. The number of amides is 1. The Bertz CT molecular complexity index is 545. The first-order chi connectivity index (χ1) is 10.2. The smallest absolute Gasteiger partial charge is 0.410 e. The van der Waals surface area contributed by atoms with Crippen LogP contribution in [-0.4, -0.2) is 35.7 Å². The predicted octanol–water partition coefficient (Wildman–Crippen LogP) is 4.40. The van der Waals surface area contributed by atoms with Crippen LogP contribution in [0.1, 0.15) is 33.6 Å². The van der Waals surface area contributed by atoms with Gasteiger partial charge in [-0.3, -0.25) is 0 Å². The molecule has 1 heterocycles. The number of likely N-dealkylation sites (tertiary alicyclic amines) is 1. The maximum atomic E-state index is 13.3. The second-order valence-electron chi connectivity index (χ2n) is 6.53. The minimum atomic E-state index is -0.497. The van der Waals surface area contributed by atoms with E-state index in [1.807, 2.05) is 20.8 Å². The van der Waals surface area contributed by atoms with Crippen LogP contribution in [0, 0.1) is 5.82 Å². The SMILES string of the molecule is CC(C)(C)OC(=O)N1CCCC(Nc2cc(F)ccc2Br)C1. The highest BCUT2D eigenvalue weighted by atomic mass is 79.9. The molecule has 1 N–H and O–H groups in total. The van der Waals surface area contributed by atoms with E-state index in [1.165, 1.54) is 12.1 Å². The van der Waals surface area contributed by atoms with E-state index in [0.717, 1.165) is 17.3 Å². The zero-order valence-electron chi connectivity index (χ0n) is 13.2. The third-order valence-electron chi connectivity index (χ3n) is 3.36. The van der Waals surface area contributed by atoms with Crippen LogP contribution in [0.15, 0.2) is 22.7 Å². The van der Waals surface area contributed by atoms with Crippen molar-refractivity contribution in [3.05, 3.63) is 28.5 Å². The summed E-state index contributed by atoms with van der Waals surface area (Å²) in [5.41, 5.74) is 0.208. The lowest BCUT2D eigenvalue weighted by molar-refractivity contribution is 0.0206. The molecule has 0 saturated carbocycles. The van der Waals surface area contributed by atoms with E-state index >= 15 is 0 Å². The Morgan fingerprint density at radius 1 is 1.45 bits per heavy atom. The normalized spacial score (nSPS) is 19.0. The number of benzene rings is 1. The zero-order valence-corrected chi connectivity index (χ0v) is 14.7. The summed E-state index contributed by atoms with van der Waals surface area (Å²) in [6.45, 7) is 6.81. The van der Waals surface area contributed by atoms with Crippen molar-refractivity contribution in [2.45, 2.75) is 45.3 Å². The number of halogens is 2. The standard InChI is InChI=1S/C16H22BrFN2O2/c1-16(2,3)22-15(21)20-8-4-5-12(10-20)19-14-9-11(18)6-7-13(14)17/h6-7,9,12,19H,4-5,8,10H2,1-3H3. The summed E-state index contributed by atoms with van der Waals surface area (Å²) >= 11 is 3.41. The van der Waals surface area contributed by atoms with Crippen LogP contribution in [0.5, 0.6) is 0 Å². The van der Waals surface area contributed by atoms with E-state index in [1.54, 1.807) is 11.0 Å². The van der Waals surface area contributed by atoms with E-state index in [9.17, 15) is 9.18 Å². The Morgan fingerprint density at radius 2 is 2.18 bits per heavy atom. The van der Waals surface area contributed by atoms with Crippen LogP contribution in [0.25, 0.3) is 0 Å². The minimum Gasteiger partial charge on any atom is -0.444 e. The Hall–Kier alpha value is -1.30. The molecule has 1 amide bonds. The molecular weight excluding hydrogens is 351 g/mol. The van der Waals surface area contributed by atoms with Gasteiger partial charge in [0.2, 0.25) is 0 Å². The van der Waals surface area contributed by atoms with Gasteiger partial charge in [0, 0.05) is 23.6 Å². The van der Waals surface area contributed by atoms with Crippen molar-refractivity contribution in [1.82, 2.24) is 4.90 Å². The van der Waals surface area contributed by atoms with E-state index < -0.39 is 5.60 Å². The molecule has 1 aromatic carbocycles. The predicted molar refractivity (Wildman–Crippen MR) is 88.6 cm³/mol. The van der Waals surface area contributed by atoms with E-state index in [0.29, 0.717) is 18.8 Å². The molecule has 122 valence electrons. The molecule has 1 atom stereocenters. The van der Waals surface area contributed by atoms with Crippen LogP contribution < -0.4 is 5.32 Å². The lowest BCUT2D eigenvalue weighted by Gasteiger charge is -2.35. The molecular formula is C16H22BrFN2O2. The van der Waals surface area contributed by atoms with Crippen LogP contribution in [-0.2, 0) is 4.74 Å². The Balaban J connectivity index is 1.98. The number of piperidine rings is 1. The fourth-order valence-corrected chi connectivity index (χ4v) is 2.78. The number of hydrogen-bond acceptors (Lipinski definition) is 3. The molecule has 0 spiro atoms. The largest absolute Gasteiger partial charge is 0.444 e. The average Bonchev–Trinajstić information content (AvgIpc) is 2.41. The summed E-state index contributed by atoms with van der Waals surface area (Å²) in [6, 6.07) is 4.62. The second kappa shape index (κ2) is 6.86. The van der Waals surface area contributed by atoms with Crippen molar-refractivity contribution in [3.63, 3.8) is 0 Å². The Morgan fingerprint density at radius 3 is 2.86 bits per heavy atom. The molecule has 0 bridgehead atoms. The van der Waals surface area contributed by atoms with Gasteiger partial charge >= 0.3 is 6.09 Å². The first kappa shape index (κ1) is 17.1. The highest BCUT2D eigenvalue weighted by Crippen LogP contribution is 2.26. The summed E-state index contributed by atoms with van der Waals surface area (Å²) in [5, 5.41) is 3.30. The van der Waals surface area contributed by atoms with Crippen molar-refractivity contribution in [2.24, 2.45) is 0 Å². The summed E-state index contributed by atoms with van der Waals surface area (Å²) in [7, 11) is 0. The number of nitrogens with one attached hydrogen (secondary N) is 1. The molecule has 6 heteroatoms. The summed E-state index contributed by atoms with van der Waals surface area (Å²) in [5.74, 6) is -0.287. The number of rotatable bonds is 2. The topological polar surface area (TPSA) is 41.6 Å². The van der Waals surface area contributed by atoms with Crippen molar-refractivity contribution in [1.29, 1.82) is 0 Å². The van der Waals surface area contributed by atoms with E-state index in [4.69, 9.17) is 4.74 Å². The second-order valence-corrected chi connectivity index (χ2v) is 7.39. The maximum absolute atomic E-state index is 13.3. The molecule has 1 saturated heterocycles. The van der Waals surface area contributed by atoms with Gasteiger partial charge in [-0.2, -0.15) is 0 Å². The Labute approximate surface area is 139 Å². The van der Waals surface area contributed by atoms with Gasteiger partial charge < -0.3 is 15.0 Å². The first-order valence-corrected chi connectivity index (χ1v) is 8.23. The average molecular weight is 373 g/mol. The number of anilines is 1. The van der Waals surface area contributed by atoms with E-state index in [2.05, 4.69) is 21.2 Å². The summed E-state index contributed by atoms with van der Waals surface area (Å²) in [4.78, 5) is 13.8. The molecule has 0 aromatic heterocycles. The fourth-order valence-electron chi connectivity index (χ4n) is 2.42. The van der Waals surface area contributed by atoms with Crippen molar-refractivity contribution in [3.8, 4) is 0 Å². The summed E-state index contributed by atoms with van der Waals surface area (Å²) < 4.78 is 19.6. The molecule has 0 radical (unpaired) electrons. The van der Waals surface area contributed by atoms with Gasteiger partial charge in [-0.05, 0) is 67.7 Å². The molecule has 1 aliphatic rings. The van der Waals surface area contributed by atoms with Gasteiger partial charge in [-0.15, -0.1) is 0 Å². The lowest BCUT2D eigenvalue weighted by Crippen LogP contribution is -2.47. The van der Waals surface area contributed by atoms with Gasteiger partial charge in [0.1, 0.15) is 11.4 Å². The third kappa shape index (κ3) is 4.87. The molecule has 4 nitrogen and oxygen atoms in total. The fraction of sp³-hybridized carbons (Fsp3) is 0.562. The van der Waals surface area contributed by atoms with Crippen LogP contribution >= 0.6 is 15.9 Å². The molecule has 2 rings (SSSR count). The summed E-state index contributed by atoms with van der Waals surface area (Å²) in [6.07, 6.45) is 1.53. The molecule has 22 heavy (non-hydrogen) atoms. The molecule has 1 aromatic rings. The van der Waals surface area contributed by atoms with E-state index in [-0.39, 0.29) is 18.0 Å². The number of nitrogens with zero attached hydrogens (tertiary/aromatic N) is 1. The number of carbonyl (C=O) groups is 1. The highest BCUT2D eigenvalue weighted by Gasteiger charge is 2.27. The maximum Gasteiger partial charge on any atom is 0.410 e. The van der Waals surface area contributed by atoms with Gasteiger partial charge in [0.15, 0.2) is 0 Å². The van der Waals surface area contributed by atoms with Gasteiger partial charge in [-0.1, -0.05) is 0 Å². The minimum absolute atomic E-state index is 0.0827. The zero-order chi connectivity index (χ0) is 16.3. The molecule has 1 fully saturated rings. The van der Waals surface area contributed by atoms with Crippen molar-refractivity contribution in [2.75, 3.05) is 18.4 Å². The first-order valence-electron chi connectivity index (χ1n) is 7.44. The monoisotopic (exact) mass is 372 g/mol. The van der Waals surface area contributed by atoms with Gasteiger partial charge in [-0.25, -0.2) is 9.18 Å². The van der Waals surface area contributed by atoms with Crippen LogP contribution in [0.2, 0.25) is 0 Å². The highest BCUT2D eigenvalue weighted by molar-refractivity contribution is 9.10. The molecule has 1 aliphatic heterocycles. The Kier molecular flexibility index (Phi) is 5.32. The van der Waals surface area contributed by atoms with Crippen molar-refractivity contribution < 1.29 is 13.9 Å².